The Morgan fingerprint density at radius 2 is 0.500 bits per heavy atom. The SMILES string of the molecule is O.[Fe+3].[Fe+3].[O-]O[O-].[O-]O[O-].[O-]O[O-]. The minimum Gasteiger partial charge on any atom is -0.734 e. The molecule has 12 heavy (non-hydrogen) atoms. The molecule has 0 atom stereocenters. The summed E-state index contributed by atoms with van der Waals surface area (Å²) in [6, 6.07) is 0. The molecule has 0 aliphatic carbocycles. The number of hydrogen-bond acceptors (Lipinski definition) is 9. The summed E-state index contributed by atoms with van der Waals surface area (Å²) in [6.07, 6.45) is 0. The molecule has 10 nitrogen and oxygen atoms in total. The Kier molecular flexibility index (Phi) is 322. The topological polar surface area (TPSA) is 198 Å². The first-order valence-corrected chi connectivity index (χ1v) is 1.00. The van der Waals surface area contributed by atoms with Crippen molar-refractivity contribution in [2.45, 2.75) is 0 Å². The first-order chi connectivity index (χ1) is 4.24. The van der Waals surface area contributed by atoms with E-state index in [-0.39, 0.29) is 39.6 Å². The molecule has 0 fully saturated rings. The van der Waals surface area contributed by atoms with Crippen LogP contribution in [0.3, 0.4) is 0 Å². The zero-order valence-electron chi connectivity index (χ0n) is 4.88. The van der Waals surface area contributed by atoms with Gasteiger partial charge in [-0.1, -0.05) is 0 Å². The summed E-state index contributed by atoms with van der Waals surface area (Å²) in [5.74, 6) is 0. The van der Waals surface area contributed by atoms with E-state index in [4.69, 9.17) is 31.5 Å². The van der Waals surface area contributed by atoms with Gasteiger partial charge in [-0.15, -0.1) is 0 Å². The Morgan fingerprint density at radius 3 is 0.500 bits per heavy atom. The van der Waals surface area contributed by atoms with Crippen LogP contribution in [0.4, 0.5) is 0 Å². The molecule has 0 aromatic carbocycles. The molecule has 0 aliphatic rings. The molecule has 0 bridgehead atoms. The van der Waals surface area contributed by atoms with Gasteiger partial charge < -0.3 is 52.1 Å². The molecule has 0 heterocycles. The predicted molar refractivity (Wildman–Crippen MR) is 6.87 cm³/mol. The molecule has 12 heteroatoms. The van der Waals surface area contributed by atoms with E-state index in [1.807, 2.05) is 0 Å². The second kappa shape index (κ2) is 99.5. The van der Waals surface area contributed by atoms with Gasteiger partial charge in [0.2, 0.25) is 0 Å². The molecule has 0 unspecified atom stereocenters. The first-order valence-electron chi connectivity index (χ1n) is 1.00. The van der Waals surface area contributed by atoms with E-state index >= 15 is 0 Å². The van der Waals surface area contributed by atoms with Crippen molar-refractivity contribution in [2.75, 3.05) is 0 Å². The quantitative estimate of drug-likeness (QED) is 0.233. The summed E-state index contributed by atoms with van der Waals surface area (Å²) in [7, 11) is 0. The molecular formula is H2Fe2O10. The fourth-order valence-corrected chi connectivity index (χ4v) is 0. The molecule has 0 rings (SSSR count). The average molecular weight is 274 g/mol. The van der Waals surface area contributed by atoms with Gasteiger partial charge in [-0.2, -0.15) is 0 Å². The van der Waals surface area contributed by atoms with E-state index in [0.717, 1.165) is 0 Å². The molecule has 0 aliphatic heterocycles. The predicted octanol–water partition coefficient (Wildman–Crippen LogP) is -8.17. The summed E-state index contributed by atoms with van der Waals surface area (Å²) in [5, 5.41) is 52.5. The standard InChI is InChI=1S/2Fe.3H2O3.H2O/c;;3*1-3-2;/h;;3*1-2H;1H2/q2*+3;;;;/p-6. The molecule has 0 aromatic heterocycles. The second-order valence-electron chi connectivity index (χ2n) is 0.204. The minimum absolute atomic E-state index is 0. The molecule has 0 aromatic rings. The van der Waals surface area contributed by atoms with Crippen LogP contribution in [0.1, 0.15) is 0 Å². The summed E-state index contributed by atoms with van der Waals surface area (Å²) < 4.78 is 0. The zero-order valence-corrected chi connectivity index (χ0v) is 7.09. The second-order valence-corrected chi connectivity index (χ2v) is 0.204. The summed E-state index contributed by atoms with van der Waals surface area (Å²) in [6.45, 7) is 0. The van der Waals surface area contributed by atoms with Crippen molar-refractivity contribution >= 4 is 0 Å². The van der Waals surface area contributed by atoms with Gasteiger partial charge in [0.25, 0.3) is 0 Å². The van der Waals surface area contributed by atoms with Crippen LogP contribution < -0.4 is 31.5 Å². The van der Waals surface area contributed by atoms with Gasteiger partial charge in [-0.3, -0.25) is 0 Å². The van der Waals surface area contributed by atoms with Crippen LogP contribution >= 0.6 is 0 Å². The fourth-order valence-electron chi connectivity index (χ4n) is 0. The third-order valence-corrected chi connectivity index (χ3v) is 0. The summed E-state index contributed by atoms with van der Waals surface area (Å²) in [5.41, 5.74) is 0. The van der Waals surface area contributed by atoms with Crippen LogP contribution in [0.2, 0.25) is 0 Å². The van der Waals surface area contributed by atoms with Crippen molar-refractivity contribution in [1.82, 2.24) is 0 Å². The van der Waals surface area contributed by atoms with E-state index < -0.39 is 0 Å². The Hall–Kier alpha value is 0.639. The Balaban J connectivity index is -0.00000001000. The Bertz CT molecular complexity index is 12.6. The number of hydrogen-bond donors (Lipinski definition) is 0. The minimum atomic E-state index is 0. The van der Waals surface area contributed by atoms with E-state index in [1.165, 1.54) is 0 Å². The third kappa shape index (κ3) is 2420. The van der Waals surface area contributed by atoms with Gasteiger partial charge in [0, 0.05) is 0 Å². The molecular weight excluding hydrogens is 272 g/mol. The molecule has 78 valence electrons. The maximum atomic E-state index is 7.88. The molecule has 0 saturated heterocycles. The Labute approximate surface area is 86.7 Å². The van der Waals surface area contributed by atoms with Crippen molar-refractivity contribution in [1.29, 1.82) is 0 Å². The van der Waals surface area contributed by atoms with Crippen molar-refractivity contribution in [3.63, 3.8) is 0 Å². The monoisotopic (exact) mass is 274 g/mol. The van der Waals surface area contributed by atoms with Crippen molar-refractivity contribution in [2.24, 2.45) is 0 Å². The molecule has 2 N–H and O–H groups in total. The van der Waals surface area contributed by atoms with Crippen molar-refractivity contribution < 1.29 is 86.3 Å². The maximum absolute atomic E-state index is 7.88. The van der Waals surface area contributed by atoms with Gasteiger partial charge in [0.05, 0.1) is 0 Å². The van der Waals surface area contributed by atoms with Gasteiger partial charge >= 0.3 is 34.1 Å². The van der Waals surface area contributed by atoms with E-state index in [9.17, 15) is 0 Å². The van der Waals surface area contributed by atoms with Crippen LogP contribution in [-0.2, 0) is 49.3 Å². The van der Waals surface area contributed by atoms with Crippen LogP contribution in [-0.4, -0.2) is 5.48 Å². The zero-order chi connectivity index (χ0) is 8.12. The van der Waals surface area contributed by atoms with Gasteiger partial charge in [0.15, 0.2) is 0 Å². The molecule has 0 amide bonds. The molecule has 0 spiro atoms. The number of rotatable bonds is 0. The van der Waals surface area contributed by atoms with E-state index in [2.05, 4.69) is 0 Å². The fraction of sp³-hybridized carbons (Fsp3) is 0. The van der Waals surface area contributed by atoms with Crippen molar-refractivity contribution in [3.8, 4) is 0 Å². The van der Waals surface area contributed by atoms with Crippen LogP contribution in [0.25, 0.3) is 0 Å². The molecule has 2 radical (unpaired) electrons. The maximum Gasteiger partial charge on any atom is 3.00 e. The Morgan fingerprint density at radius 1 is 0.500 bits per heavy atom. The van der Waals surface area contributed by atoms with E-state index in [1.54, 1.807) is 15.1 Å². The summed E-state index contributed by atoms with van der Waals surface area (Å²) in [4.78, 5) is 0. The first kappa shape index (κ1) is 38.8. The summed E-state index contributed by atoms with van der Waals surface area (Å²) >= 11 is 0. The van der Waals surface area contributed by atoms with Crippen LogP contribution in [0.15, 0.2) is 0 Å². The van der Waals surface area contributed by atoms with Gasteiger partial charge in [0.1, 0.15) is 0 Å². The largest absolute Gasteiger partial charge is 3.00 e. The normalized spacial score (nSPS) is 4.50. The molecule has 0 saturated carbocycles. The van der Waals surface area contributed by atoms with Gasteiger partial charge in [-0.25, -0.2) is 0 Å². The van der Waals surface area contributed by atoms with E-state index in [0.29, 0.717) is 0 Å². The third-order valence-electron chi connectivity index (χ3n) is 0. The van der Waals surface area contributed by atoms with Crippen LogP contribution in [0.5, 0.6) is 0 Å². The van der Waals surface area contributed by atoms with Crippen molar-refractivity contribution in [3.05, 3.63) is 0 Å². The average Bonchev–Trinajstić information content (AvgIpc) is 1.70. The smallest absolute Gasteiger partial charge is 0.734 e. The van der Waals surface area contributed by atoms with Crippen LogP contribution in [0, 0.1) is 0 Å². The van der Waals surface area contributed by atoms with Gasteiger partial charge in [-0.05, 0) is 0 Å².